The molecular weight excluding hydrogens is 190 g/mol. The highest BCUT2D eigenvalue weighted by Crippen LogP contribution is 1.92. The highest BCUT2D eigenvalue weighted by Gasteiger charge is 1.94. The molecule has 0 aliphatic carbocycles. The summed E-state index contributed by atoms with van der Waals surface area (Å²) in [6.07, 6.45) is 7.00. The summed E-state index contributed by atoms with van der Waals surface area (Å²) in [5.41, 5.74) is 0.525. The third kappa shape index (κ3) is 4.17. The van der Waals surface area contributed by atoms with Crippen molar-refractivity contribution < 1.29 is 4.79 Å². The fourth-order valence-electron chi connectivity index (χ4n) is 0.897. The summed E-state index contributed by atoms with van der Waals surface area (Å²) in [5, 5.41) is 0. The third-order valence-corrected chi connectivity index (χ3v) is 1.66. The van der Waals surface area contributed by atoms with Gasteiger partial charge >= 0.3 is 0 Å². The van der Waals surface area contributed by atoms with Crippen LogP contribution in [0.2, 0.25) is 0 Å². The predicted molar refractivity (Wildman–Crippen MR) is 57.4 cm³/mol. The number of carbonyl (C=O) groups excluding carboxylic acids is 1. The number of aromatic nitrogens is 3. The molecule has 0 bridgehead atoms. The van der Waals surface area contributed by atoms with Crippen molar-refractivity contribution in [3.8, 4) is 0 Å². The lowest BCUT2D eigenvalue weighted by atomic mass is 10.3. The number of nitrogens with zero attached hydrogens (tertiary/aromatic N) is 3. The largest absolute Gasteiger partial charge is 0.341 e. The molecular formula is C11H13N3O. The van der Waals surface area contributed by atoms with E-state index in [1.807, 2.05) is 17.8 Å². The van der Waals surface area contributed by atoms with Crippen molar-refractivity contribution in [2.75, 3.05) is 0 Å². The number of pyridine rings is 1. The van der Waals surface area contributed by atoms with Gasteiger partial charge in [0.25, 0.3) is 0 Å². The molecule has 2 aromatic heterocycles. The van der Waals surface area contributed by atoms with Gasteiger partial charge in [0.2, 0.25) is 0 Å². The summed E-state index contributed by atoms with van der Waals surface area (Å²) in [6, 6.07) is 5.28. The van der Waals surface area contributed by atoms with Crippen LogP contribution in [0.4, 0.5) is 0 Å². The lowest BCUT2D eigenvalue weighted by Crippen LogP contribution is -1.93. The zero-order valence-electron chi connectivity index (χ0n) is 8.79. The number of imidazole rings is 1. The van der Waals surface area contributed by atoms with Crippen LogP contribution in [0.25, 0.3) is 0 Å². The Kier molecular flexibility index (Phi) is 4.22. The van der Waals surface area contributed by atoms with Crippen LogP contribution in [-0.4, -0.2) is 20.3 Å². The van der Waals surface area contributed by atoms with Crippen LogP contribution >= 0.6 is 0 Å². The molecule has 0 fully saturated rings. The molecule has 0 saturated heterocycles. The molecule has 0 atom stereocenters. The first-order valence-corrected chi connectivity index (χ1v) is 4.54. The Morgan fingerprint density at radius 2 is 2.13 bits per heavy atom. The Labute approximate surface area is 88.6 Å². The molecule has 78 valence electrons. The lowest BCUT2D eigenvalue weighted by molar-refractivity contribution is 0.101. The van der Waals surface area contributed by atoms with Crippen LogP contribution < -0.4 is 0 Å². The van der Waals surface area contributed by atoms with Gasteiger partial charge in [-0.1, -0.05) is 6.07 Å². The van der Waals surface area contributed by atoms with Crippen molar-refractivity contribution in [3.63, 3.8) is 0 Å². The fourth-order valence-corrected chi connectivity index (χ4v) is 0.897. The van der Waals surface area contributed by atoms with Gasteiger partial charge in [0, 0.05) is 32.6 Å². The number of carbonyl (C=O) groups is 1. The molecule has 0 N–H and O–H groups in total. The van der Waals surface area contributed by atoms with Gasteiger partial charge in [-0.2, -0.15) is 0 Å². The Bertz CT molecular complexity index is 395. The fraction of sp³-hybridized carbons (Fsp3) is 0.182. The van der Waals surface area contributed by atoms with E-state index in [9.17, 15) is 4.79 Å². The highest BCUT2D eigenvalue weighted by atomic mass is 16.1. The van der Waals surface area contributed by atoms with Crippen molar-refractivity contribution in [1.82, 2.24) is 14.5 Å². The molecule has 0 saturated carbocycles. The number of aryl methyl sites for hydroxylation is 1. The topological polar surface area (TPSA) is 47.8 Å². The maximum atomic E-state index is 10.6. The van der Waals surface area contributed by atoms with E-state index >= 15 is 0 Å². The average molecular weight is 203 g/mol. The number of ketones is 1. The minimum absolute atomic E-state index is 0.00981. The van der Waals surface area contributed by atoms with E-state index in [-0.39, 0.29) is 5.78 Å². The molecule has 0 aliphatic rings. The van der Waals surface area contributed by atoms with Gasteiger partial charge in [-0.3, -0.25) is 9.78 Å². The zero-order chi connectivity index (χ0) is 11.1. The van der Waals surface area contributed by atoms with Crippen LogP contribution in [-0.2, 0) is 7.05 Å². The maximum Gasteiger partial charge on any atom is 0.178 e. The molecule has 0 spiro atoms. The molecule has 2 heterocycles. The lowest BCUT2D eigenvalue weighted by Gasteiger charge is -1.88. The van der Waals surface area contributed by atoms with Crippen molar-refractivity contribution in [1.29, 1.82) is 0 Å². The van der Waals surface area contributed by atoms with Gasteiger partial charge in [0.05, 0.1) is 6.33 Å². The summed E-state index contributed by atoms with van der Waals surface area (Å²) in [5.74, 6) is 0.00981. The third-order valence-electron chi connectivity index (χ3n) is 1.66. The summed E-state index contributed by atoms with van der Waals surface area (Å²) in [7, 11) is 1.94. The first-order valence-electron chi connectivity index (χ1n) is 4.54. The van der Waals surface area contributed by atoms with Crippen molar-refractivity contribution in [2.24, 2.45) is 7.05 Å². The number of hydrogen-bond acceptors (Lipinski definition) is 3. The van der Waals surface area contributed by atoms with Crippen LogP contribution in [0, 0.1) is 0 Å². The quantitative estimate of drug-likeness (QED) is 0.663. The van der Waals surface area contributed by atoms with Crippen molar-refractivity contribution >= 4 is 5.78 Å². The van der Waals surface area contributed by atoms with E-state index in [4.69, 9.17) is 0 Å². The Balaban J connectivity index is 0.000000162. The smallest absolute Gasteiger partial charge is 0.178 e. The van der Waals surface area contributed by atoms with Gasteiger partial charge in [-0.25, -0.2) is 4.98 Å². The molecule has 15 heavy (non-hydrogen) atoms. The second kappa shape index (κ2) is 5.70. The first kappa shape index (κ1) is 11.1. The van der Waals surface area contributed by atoms with E-state index in [2.05, 4.69) is 9.97 Å². The number of rotatable bonds is 1. The molecule has 2 aromatic rings. The van der Waals surface area contributed by atoms with E-state index in [0.717, 1.165) is 0 Å². The molecule has 0 radical (unpaired) electrons. The first-order chi connectivity index (χ1) is 7.20. The molecule has 0 amide bonds. The van der Waals surface area contributed by atoms with Crippen LogP contribution in [0.3, 0.4) is 0 Å². The second-order valence-corrected chi connectivity index (χ2v) is 3.00. The van der Waals surface area contributed by atoms with Crippen LogP contribution in [0.1, 0.15) is 17.4 Å². The Hall–Kier alpha value is -1.97. The van der Waals surface area contributed by atoms with Crippen LogP contribution in [0.15, 0.2) is 43.1 Å². The van der Waals surface area contributed by atoms with Gasteiger partial charge in [0.15, 0.2) is 5.78 Å². The predicted octanol–water partition coefficient (Wildman–Crippen LogP) is 1.70. The Morgan fingerprint density at radius 1 is 1.33 bits per heavy atom. The van der Waals surface area contributed by atoms with Gasteiger partial charge in [-0.05, 0) is 12.1 Å². The zero-order valence-corrected chi connectivity index (χ0v) is 8.79. The monoisotopic (exact) mass is 203 g/mol. The molecule has 0 aliphatic heterocycles. The summed E-state index contributed by atoms with van der Waals surface area (Å²) in [6.45, 7) is 1.50. The van der Waals surface area contributed by atoms with Gasteiger partial charge < -0.3 is 4.57 Å². The SMILES string of the molecule is CC(=O)c1ccccn1.Cn1ccnc1. The normalized spacial score (nSPS) is 8.93. The summed E-state index contributed by atoms with van der Waals surface area (Å²) < 4.78 is 1.89. The minimum Gasteiger partial charge on any atom is -0.341 e. The number of hydrogen-bond donors (Lipinski definition) is 0. The average Bonchev–Trinajstić information content (AvgIpc) is 2.71. The summed E-state index contributed by atoms with van der Waals surface area (Å²) >= 11 is 0. The van der Waals surface area contributed by atoms with Crippen molar-refractivity contribution in [2.45, 2.75) is 6.92 Å². The molecule has 0 aromatic carbocycles. The van der Waals surface area contributed by atoms with Gasteiger partial charge in [0.1, 0.15) is 5.69 Å². The van der Waals surface area contributed by atoms with Crippen LogP contribution in [0.5, 0.6) is 0 Å². The second-order valence-electron chi connectivity index (χ2n) is 3.00. The Morgan fingerprint density at radius 3 is 2.40 bits per heavy atom. The van der Waals surface area contributed by atoms with E-state index in [0.29, 0.717) is 5.69 Å². The molecule has 4 heteroatoms. The number of Topliss-reactive ketones (excluding diaryl/α,β-unsaturated/α-hetero) is 1. The van der Waals surface area contributed by atoms with E-state index < -0.39 is 0 Å². The van der Waals surface area contributed by atoms with E-state index in [1.165, 1.54) is 6.92 Å². The maximum absolute atomic E-state index is 10.6. The van der Waals surface area contributed by atoms with Crippen molar-refractivity contribution in [3.05, 3.63) is 48.8 Å². The molecule has 0 unspecified atom stereocenters. The standard InChI is InChI=1S/C7H7NO.C4H6N2/c1-6(9)7-4-2-3-5-8-7;1-6-3-2-5-4-6/h2-5H,1H3;2-4H,1H3. The highest BCUT2D eigenvalue weighted by molar-refractivity contribution is 5.91. The van der Waals surface area contributed by atoms with Gasteiger partial charge in [-0.15, -0.1) is 0 Å². The molecule has 4 nitrogen and oxygen atoms in total. The van der Waals surface area contributed by atoms with E-state index in [1.54, 1.807) is 36.9 Å². The summed E-state index contributed by atoms with van der Waals surface area (Å²) in [4.78, 5) is 18.2. The molecule has 2 rings (SSSR count). The minimum atomic E-state index is 0.00981.